The number of hydrogen-bond acceptors (Lipinski definition) is 7. The van der Waals surface area contributed by atoms with Crippen molar-refractivity contribution < 1.29 is 9.53 Å². The first kappa shape index (κ1) is 20.2. The first-order valence-electron chi connectivity index (χ1n) is 9.31. The van der Waals surface area contributed by atoms with E-state index in [2.05, 4.69) is 20.8 Å². The fourth-order valence-electron chi connectivity index (χ4n) is 2.85. The third-order valence-corrected chi connectivity index (χ3v) is 6.38. The summed E-state index contributed by atoms with van der Waals surface area (Å²) in [5, 5.41) is 17.4. The zero-order chi connectivity index (χ0) is 20.8. The largest absolute Gasteiger partial charge is 0.497 e. The van der Waals surface area contributed by atoms with E-state index < -0.39 is 0 Å². The Labute approximate surface area is 182 Å². The Hall–Kier alpha value is -3.10. The second kappa shape index (κ2) is 9.60. The second-order valence-electron chi connectivity index (χ2n) is 6.47. The van der Waals surface area contributed by atoms with Crippen LogP contribution in [0.15, 0.2) is 71.1 Å². The smallest absolute Gasteiger partial charge is 0.234 e. The van der Waals surface area contributed by atoms with Crippen LogP contribution < -0.4 is 15.4 Å². The van der Waals surface area contributed by atoms with Gasteiger partial charge in [-0.1, -0.05) is 65.6 Å². The van der Waals surface area contributed by atoms with Gasteiger partial charge in [0.2, 0.25) is 11.0 Å². The first-order valence-corrected chi connectivity index (χ1v) is 11.1. The predicted octanol–water partition coefficient (Wildman–Crippen LogP) is 5.04. The Balaban J connectivity index is 1.26. The molecule has 1 amide bonds. The summed E-state index contributed by atoms with van der Waals surface area (Å²) in [4.78, 5) is 12.3. The van der Waals surface area contributed by atoms with Crippen molar-refractivity contribution >= 4 is 50.6 Å². The average molecular weight is 437 g/mol. The molecule has 0 bridgehead atoms. The molecular formula is C22H20N4O2S2. The van der Waals surface area contributed by atoms with Crippen LogP contribution in [0.2, 0.25) is 0 Å². The number of carbonyl (C=O) groups excluding carboxylic acids is 1. The van der Waals surface area contributed by atoms with Gasteiger partial charge in [0.25, 0.3) is 0 Å². The van der Waals surface area contributed by atoms with Crippen LogP contribution in [0.4, 0.5) is 10.8 Å². The van der Waals surface area contributed by atoms with E-state index in [1.807, 2.05) is 66.7 Å². The summed E-state index contributed by atoms with van der Waals surface area (Å²) in [6.07, 6.45) is 0. The zero-order valence-electron chi connectivity index (χ0n) is 16.3. The fraction of sp³-hybridized carbons (Fsp3) is 0.136. The van der Waals surface area contributed by atoms with Gasteiger partial charge in [0.1, 0.15) is 5.75 Å². The van der Waals surface area contributed by atoms with Gasteiger partial charge in [0, 0.05) is 12.2 Å². The summed E-state index contributed by atoms with van der Waals surface area (Å²) in [6, 6.07) is 21.8. The van der Waals surface area contributed by atoms with Crippen molar-refractivity contribution in [2.45, 2.75) is 10.9 Å². The first-order chi connectivity index (χ1) is 14.7. The van der Waals surface area contributed by atoms with E-state index in [-0.39, 0.29) is 11.7 Å². The molecule has 0 aliphatic heterocycles. The number of nitrogens with one attached hydrogen (secondary N) is 2. The predicted molar refractivity (Wildman–Crippen MR) is 124 cm³/mol. The van der Waals surface area contributed by atoms with Crippen molar-refractivity contribution in [2.24, 2.45) is 0 Å². The second-order valence-corrected chi connectivity index (χ2v) is 8.67. The lowest BCUT2D eigenvalue weighted by atomic mass is 10.1. The molecule has 152 valence electrons. The zero-order valence-corrected chi connectivity index (χ0v) is 17.9. The van der Waals surface area contributed by atoms with Gasteiger partial charge < -0.3 is 15.4 Å². The third-order valence-electron chi connectivity index (χ3n) is 4.37. The Kier molecular flexibility index (Phi) is 6.46. The molecule has 0 unspecified atom stereocenters. The Bertz CT molecular complexity index is 1150. The minimum Gasteiger partial charge on any atom is -0.497 e. The molecular weight excluding hydrogens is 416 g/mol. The summed E-state index contributed by atoms with van der Waals surface area (Å²) >= 11 is 2.81. The number of thioether (sulfide) groups is 1. The Morgan fingerprint density at radius 2 is 1.83 bits per heavy atom. The van der Waals surface area contributed by atoms with E-state index in [0.717, 1.165) is 37.2 Å². The SMILES string of the molecule is COc1ccc(CNc2nnc(SCC(=O)Nc3ccc4ccccc4c3)s2)cc1. The van der Waals surface area contributed by atoms with Crippen LogP contribution in [0.5, 0.6) is 5.75 Å². The van der Waals surface area contributed by atoms with Gasteiger partial charge in [-0.15, -0.1) is 10.2 Å². The lowest BCUT2D eigenvalue weighted by molar-refractivity contribution is -0.113. The van der Waals surface area contributed by atoms with Crippen molar-refractivity contribution in [3.8, 4) is 5.75 Å². The van der Waals surface area contributed by atoms with Gasteiger partial charge in [-0.3, -0.25) is 4.79 Å². The molecule has 4 rings (SSSR count). The Morgan fingerprint density at radius 3 is 2.63 bits per heavy atom. The highest BCUT2D eigenvalue weighted by Crippen LogP contribution is 2.26. The van der Waals surface area contributed by atoms with Crippen LogP contribution in [0.25, 0.3) is 10.8 Å². The number of nitrogens with zero attached hydrogens (tertiary/aromatic N) is 2. The van der Waals surface area contributed by atoms with Gasteiger partial charge in [-0.05, 0) is 40.6 Å². The molecule has 0 aliphatic rings. The number of carbonyl (C=O) groups is 1. The van der Waals surface area contributed by atoms with E-state index in [1.165, 1.54) is 23.1 Å². The monoisotopic (exact) mass is 436 g/mol. The molecule has 6 nitrogen and oxygen atoms in total. The molecule has 0 saturated carbocycles. The summed E-state index contributed by atoms with van der Waals surface area (Å²) in [6.45, 7) is 0.645. The molecule has 1 heterocycles. The number of fused-ring (bicyclic) bond motifs is 1. The van der Waals surface area contributed by atoms with E-state index in [4.69, 9.17) is 4.74 Å². The van der Waals surface area contributed by atoms with Crippen molar-refractivity contribution in [3.05, 3.63) is 72.3 Å². The van der Waals surface area contributed by atoms with Crippen LogP contribution >= 0.6 is 23.1 Å². The number of rotatable bonds is 8. The number of methoxy groups -OCH3 is 1. The van der Waals surface area contributed by atoms with Crippen LogP contribution in [0.3, 0.4) is 0 Å². The molecule has 0 spiro atoms. The van der Waals surface area contributed by atoms with Gasteiger partial charge in [-0.25, -0.2) is 0 Å². The van der Waals surface area contributed by atoms with E-state index in [1.54, 1.807) is 7.11 Å². The number of amides is 1. The van der Waals surface area contributed by atoms with Crippen LogP contribution in [-0.2, 0) is 11.3 Å². The maximum Gasteiger partial charge on any atom is 0.234 e. The van der Waals surface area contributed by atoms with E-state index in [0.29, 0.717) is 6.54 Å². The number of anilines is 2. The molecule has 4 aromatic rings. The summed E-state index contributed by atoms with van der Waals surface area (Å²) in [7, 11) is 1.65. The number of aromatic nitrogens is 2. The van der Waals surface area contributed by atoms with Gasteiger partial charge in [0.05, 0.1) is 12.9 Å². The minimum atomic E-state index is -0.0711. The number of hydrogen-bond donors (Lipinski definition) is 2. The highest BCUT2D eigenvalue weighted by atomic mass is 32.2. The lowest BCUT2D eigenvalue weighted by Gasteiger charge is -2.06. The summed E-state index contributed by atoms with van der Waals surface area (Å²) in [5.74, 6) is 1.04. The highest BCUT2D eigenvalue weighted by molar-refractivity contribution is 8.01. The molecule has 0 atom stereocenters. The maximum atomic E-state index is 12.3. The van der Waals surface area contributed by atoms with Crippen molar-refractivity contribution in [2.75, 3.05) is 23.5 Å². The fourth-order valence-corrected chi connectivity index (χ4v) is 4.40. The molecule has 0 fully saturated rings. The molecule has 3 aromatic carbocycles. The van der Waals surface area contributed by atoms with Crippen molar-refractivity contribution in [1.82, 2.24) is 10.2 Å². The maximum absolute atomic E-state index is 12.3. The van der Waals surface area contributed by atoms with E-state index >= 15 is 0 Å². The number of benzene rings is 3. The van der Waals surface area contributed by atoms with Crippen molar-refractivity contribution in [1.29, 1.82) is 0 Å². The van der Waals surface area contributed by atoms with Gasteiger partial charge >= 0.3 is 0 Å². The van der Waals surface area contributed by atoms with Crippen LogP contribution in [0.1, 0.15) is 5.56 Å². The normalized spacial score (nSPS) is 10.7. The van der Waals surface area contributed by atoms with Crippen LogP contribution in [0, 0.1) is 0 Å². The summed E-state index contributed by atoms with van der Waals surface area (Å²) < 4.78 is 5.91. The Morgan fingerprint density at radius 1 is 1.03 bits per heavy atom. The molecule has 2 N–H and O–H groups in total. The van der Waals surface area contributed by atoms with Gasteiger partial charge in [0.15, 0.2) is 4.34 Å². The van der Waals surface area contributed by atoms with Crippen molar-refractivity contribution in [3.63, 3.8) is 0 Å². The molecule has 8 heteroatoms. The molecule has 1 aromatic heterocycles. The molecule has 0 aliphatic carbocycles. The number of ether oxygens (including phenoxy) is 1. The highest BCUT2D eigenvalue weighted by Gasteiger charge is 2.09. The molecule has 0 radical (unpaired) electrons. The summed E-state index contributed by atoms with van der Waals surface area (Å²) in [5.41, 5.74) is 1.91. The topological polar surface area (TPSA) is 76.1 Å². The standard InChI is InChI=1S/C22H20N4O2S2/c1-28-19-10-6-15(7-11-19)13-23-21-25-26-22(30-21)29-14-20(27)24-18-9-8-16-4-2-3-5-17(16)12-18/h2-12H,13-14H2,1H3,(H,23,25)(H,24,27). The molecule has 0 saturated heterocycles. The minimum absolute atomic E-state index is 0.0711. The van der Waals surface area contributed by atoms with E-state index in [9.17, 15) is 4.79 Å². The van der Waals surface area contributed by atoms with Gasteiger partial charge in [-0.2, -0.15) is 0 Å². The third kappa shape index (κ3) is 5.28. The van der Waals surface area contributed by atoms with Crippen LogP contribution in [-0.4, -0.2) is 29.0 Å². The molecule has 30 heavy (non-hydrogen) atoms. The lowest BCUT2D eigenvalue weighted by Crippen LogP contribution is -2.13. The average Bonchev–Trinajstić information content (AvgIpc) is 3.24. The quantitative estimate of drug-likeness (QED) is 0.377.